The largest absolute Gasteiger partial charge is 0.333 e. The second kappa shape index (κ2) is 9.25. The highest BCUT2D eigenvalue weighted by Crippen LogP contribution is 2.16. The summed E-state index contributed by atoms with van der Waals surface area (Å²) >= 11 is 0. The summed E-state index contributed by atoms with van der Waals surface area (Å²) in [6.45, 7) is 3.79. The molecule has 0 aliphatic carbocycles. The van der Waals surface area contributed by atoms with E-state index in [-0.39, 0.29) is 11.1 Å². The summed E-state index contributed by atoms with van der Waals surface area (Å²) in [5.41, 5.74) is 4.09. The number of aromatic amines is 2. The Bertz CT molecular complexity index is 1980. The summed E-state index contributed by atoms with van der Waals surface area (Å²) in [7, 11) is 0. The molecule has 0 bridgehead atoms. The van der Waals surface area contributed by atoms with Crippen LogP contribution in [0.2, 0.25) is 0 Å². The van der Waals surface area contributed by atoms with E-state index < -0.39 is 11.4 Å². The molecule has 2 N–H and O–H groups in total. The SMILES string of the molecule is Cc1ccc2[nH]c(=O)n(-c3ccc(Cc4ccc(-n5c(=O)[nH]c6ccc(C)cc6c5=O)cc4)cc3)c(=O)c2c1. The number of nitrogens with one attached hydrogen (secondary N) is 2. The Labute approximate surface area is 221 Å². The molecular weight excluding hydrogens is 492 g/mol. The standard InChI is InChI=1S/C31H24N4O4/c1-18-3-13-26-24(15-18)28(36)34(30(38)32-26)22-9-5-20(6-10-22)17-21-7-11-23(12-8-21)35-29(37)25-16-19(2)4-14-27(25)33-31(35)39/h3-16H,17H2,1-2H3,(H,32,38)(H,33,39). The summed E-state index contributed by atoms with van der Waals surface area (Å²) in [5, 5.41) is 0.913. The Balaban J connectivity index is 1.28. The smallest absolute Gasteiger partial charge is 0.306 e. The summed E-state index contributed by atoms with van der Waals surface area (Å²) in [6.07, 6.45) is 0.588. The first kappa shape index (κ1) is 24.1. The van der Waals surface area contributed by atoms with E-state index in [0.29, 0.717) is 39.6 Å². The molecule has 0 aliphatic rings. The lowest BCUT2D eigenvalue weighted by molar-refractivity contribution is 0.898. The Morgan fingerprint density at radius 2 is 0.923 bits per heavy atom. The molecule has 0 amide bonds. The molecule has 8 nitrogen and oxygen atoms in total. The highest BCUT2D eigenvalue weighted by Gasteiger charge is 2.12. The summed E-state index contributed by atoms with van der Waals surface area (Å²) < 4.78 is 2.28. The van der Waals surface area contributed by atoms with E-state index in [2.05, 4.69) is 9.97 Å². The predicted octanol–water partition coefficient (Wildman–Crippen LogP) is 3.88. The van der Waals surface area contributed by atoms with Crippen LogP contribution < -0.4 is 22.5 Å². The monoisotopic (exact) mass is 516 g/mol. The van der Waals surface area contributed by atoms with Crippen LogP contribution in [-0.4, -0.2) is 19.1 Å². The van der Waals surface area contributed by atoms with Gasteiger partial charge in [0.1, 0.15) is 0 Å². The quantitative estimate of drug-likeness (QED) is 0.371. The van der Waals surface area contributed by atoms with Crippen molar-refractivity contribution in [1.82, 2.24) is 19.1 Å². The van der Waals surface area contributed by atoms with Crippen LogP contribution in [0.1, 0.15) is 22.3 Å². The van der Waals surface area contributed by atoms with Crippen LogP contribution in [0.3, 0.4) is 0 Å². The molecule has 2 aromatic heterocycles. The van der Waals surface area contributed by atoms with Crippen LogP contribution in [0.15, 0.2) is 104 Å². The lowest BCUT2D eigenvalue weighted by Gasteiger charge is -2.10. The van der Waals surface area contributed by atoms with Gasteiger partial charge in [0.25, 0.3) is 11.1 Å². The number of aryl methyl sites for hydroxylation is 2. The second-order valence-corrected chi connectivity index (χ2v) is 9.75. The van der Waals surface area contributed by atoms with E-state index in [1.807, 2.05) is 50.2 Å². The summed E-state index contributed by atoms with van der Waals surface area (Å²) in [4.78, 5) is 57.0. The van der Waals surface area contributed by atoms with Crippen molar-refractivity contribution < 1.29 is 0 Å². The van der Waals surface area contributed by atoms with E-state index in [1.165, 1.54) is 0 Å². The van der Waals surface area contributed by atoms with Crippen LogP contribution >= 0.6 is 0 Å². The van der Waals surface area contributed by atoms with Crippen LogP contribution in [0.5, 0.6) is 0 Å². The van der Waals surface area contributed by atoms with Crippen LogP contribution in [0.4, 0.5) is 0 Å². The van der Waals surface area contributed by atoms with Gasteiger partial charge in [-0.2, -0.15) is 0 Å². The first-order chi connectivity index (χ1) is 18.8. The summed E-state index contributed by atoms with van der Waals surface area (Å²) in [6, 6.07) is 25.2. The lowest BCUT2D eigenvalue weighted by atomic mass is 10.0. The van der Waals surface area contributed by atoms with Gasteiger partial charge >= 0.3 is 11.4 Å². The number of hydrogen-bond acceptors (Lipinski definition) is 4. The molecule has 0 aliphatic heterocycles. The first-order valence-corrected chi connectivity index (χ1v) is 12.5. The molecule has 0 radical (unpaired) electrons. The van der Waals surface area contributed by atoms with Crippen molar-refractivity contribution >= 4 is 21.8 Å². The van der Waals surface area contributed by atoms with Crippen molar-refractivity contribution in [3.8, 4) is 11.4 Å². The number of hydrogen-bond donors (Lipinski definition) is 2. The molecule has 0 atom stereocenters. The molecule has 0 spiro atoms. The Hall–Kier alpha value is -5.24. The van der Waals surface area contributed by atoms with E-state index in [9.17, 15) is 19.2 Å². The fourth-order valence-electron chi connectivity index (χ4n) is 4.89. The Morgan fingerprint density at radius 3 is 1.31 bits per heavy atom. The predicted molar refractivity (Wildman–Crippen MR) is 153 cm³/mol. The molecule has 0 saturated heterocycles. The third kappa shape index (κ3) is 4.31. The maximum absolute atomic E-state index is 13.1. The lowest BCUT2D eigenvalue weighted by Crippen LogP contribution is -2.33. The van der Waals surface area contributed by atoms with Gasteiger partial charge < -0.3 is 9.97 Å². The van der Waals surface area contributed by atoms with Gasteiger partial charge in [0, 0.05) is 0 Å². The fraction of sp³-hybridized carbons (Fsp3) is 0.0968. The average Bonchev–Trinajstić information content (AvgIpc) is 2.92. The van der Waals surface area contributed by atoms with Gasteiger partial charge in [-0.3, -0.25) is 9.59 Å². The van der Waals surface area contributed by atoms with Gasteiger partial charge in [-0.15, -0.1) is 0 Å². The molecule has 8 heteroatoms. The van der Waals surface area contributed by atoms with Gasteiger partial charge in [0.15, 0.2) is 0 Å². The number of nitrogens with zero attached hydrogens (tertiary/aromatic N) is 2. The number of H-pyrrole nitrogens is 2. The van der Waals surface area contributed by atoms with Crippen molar-refractivity contribution in [2.45, 2.75) is 20.3 Å². The minimum Gasteiger partial charge on any atom is -0.306 e. The molecule has 39 heavy (non-hydrogen) atoms. The van der Waals surface area contributed by atoms with Gasteiger partial charge in [-0.25, -0.2) is 18.7 Å². The molecule has 0 unspecified atom stereocenters. The van der Waals surface area contributed by atoms with Gasteiger partial charge in [-0.1, -0.05) is 47.5 Å². The maximum atomic E-state index is 13.1. The molecule has 4 aromatic carbocycles. The zero-order chi connectivity index (χ0) is 27.3. The number of rotatable bonds is 4. The zero-order valence-electron chi connectivity index (χ0n) is 21.3. The van der Waals surface area contributed by atoms with Crippen molar-refractivity contribution in [3.05, 3.63) is 149 Å². The zero-order valence-corrected chi connectivity index (χ0v) is 21.3. The Morgan fingerprint density at radius 1 is 0.538 bits per heavy atom. The normalized spacial score (nSPS) is 11.3. The number of benzene rings is 4. The molecule has 2 heterocycles. The summed E-state index contributed by atoms with van der Waals surface area (Å²) in [5.74, 6) is 0. The third-order valence-corrected chi connectivity index (χ3v) is 6.90. The first-order valence-electron chi connectivity index (χ1n) is 12.5. The highest BCUT2D eigenvalue weighted by atomic mass is 16.2. The van der Waals surface area contributed by atoms with E-state index in [0.717, 1.165) is 31.4 Å². The van der Waals surface area contributed by atoms with Gasteiger partial charge in [0.2, 0.25) is 0 Å². The van der Waals surface area contributed by atoms with Crippen molar-refractivity contribution in [2.24, 2.45) is 0 Å². The minimum absolute atomic E-state index is 0.366. The number of fused-ring (bicyclic) bond motifs is 2. The molecule has 6 rings (SSSR count). The van der Waals surface area contributed by atoms with Crippen molar-refractivity contribution in [1.29, 1.82) is 0 Å². The topological polar surface area (TPSA) is 110 Å². The number of aromatic nitrogens is 4. The third-order valence-electron chi connectivity index (χ3n) is 6.90. The molecule has 0 saturated carbocycles. The fourth-order valence-corrected chi connectivity index (χ4v) is 4.89. The van der Waals surface area contributed by atoms with E-state index in [4.69, 9.17) is 0 Å². The minimum atomic E-state index is -0.492. The maximum Gasteiger partial charge on any atom is 0.333 e. The van der Waals surface area contributed by atoms with Crippen LogP contribution in [0, 0.1) is 13.8 Å². The van der Waals surface area contributed by atoms with Gasteiger partial charge in [0.05, 0.1) is 33.2 Å². The van der Waals surface area contributed by atoms with E-state index in [1.54, 1.807) is 48.5 Å². The molecule has 192 valence electrons. The van der Waals surface area contributed by atoms with Gasteiger partial charge in [-0.05, 0) is 79.9 Å². The Kier molecular flexibility index (Phi) is 5.72. The molecule has 0 fully saturated rings. The van der Waals surface area contributed by atoms with E-state index >= 15 is 0 Å². The average molecular weight is 517 g/mol. The van der Waals surface area contributed by atoms with Crippen LogP contribution in [0.25, 0.3) is 33.2 Å². The highest BCUT2D eigenvalue weighted by molar-refractivity contribution is 5.79. The van der Waals surface area contributed by atoms with Crippen molar-refractivity contribution in [3.63, 3.8) is 0 Å². The molecular formula is C31H24N4O4. The molecule has 6 aromatic rings. The second-order valence-electron chi connectivity index (χ2n) is 9.75. The van der Waals surface area contributed by atoms with Crippen molar-refractivity contribution in [2.75, 3.05) is 0 Å². The van der Waals surface area contributed by atoms with Crippen LogP contribution in [-0.2, 0) is 6.42 Å².